The Hall–Kier alpha value is -2.63. The third kappa shape index (κ3) is 4.01. The first-order valence-corrected chi connectivity index (χ1v) is 13.6. The third-order valence-electron chi connectivity index (χ3n) is 9.14. The molecule has 0 amide bonds. The molecule has 6 heteroatoms. The van der Waals surface area contributed by atoms with Gasteiger partial charge in [0.2, 0.25) is 0 Å². The van der Waals surface area contributed by atoms with Crippen LogP contribution in [0.2, 0.25) is 0 Å². The maximum absolute atomic E-state index is 6.60. The fourth-order valence-corrected chi connectivity index (χ4v) is 5.31. The molecule has 2 aliphatic rings. The van der Waals surface area contributed by atoms with Gasteiger partial charge >= 0.3 is 14.2 Å². The third-order valence-corrected chi connectivity index (χ3v) is 9.14. The molecule has 2 saturated heterocycles. The zero-order valence-electron chi connectivity index (χ0n) is 23.7. The summed E-state index contributed by atoms with van der Waals surface area (Å²) < 4.78 is 26.4. The van der Waals surface area contributed by atoms with E-state index in [0.717, 1.165) is 43.6 Å². The van der Waals surface area contributed by atoms with Gasteiger partial charge in [-0.25, -0.2) is 0 Å². The maximum atomic E-state index is 6.60. The highest BCUT2D eigenvalue weighted by Gasteiger charge is 2.54. The molecular weight excluding hydrogens is 470 g/mol. The van der Waals surface area contributed by atoms with Crippen LogP contribution in [0.3, 0.4) is 0 Å². The van der Waals surface area contributed by atoms with Crippen LogP contribution in [0.15, 0.2) is 72.8 Å². The Balaban J connectivity index is 1.61. The summed E-state index contributed by atoms with van der Waals surface area (Å²) in [5.74, 6) is 0. The van der Waals surface area contributed by atoms with Gasteiger partial charge in [-0.3, -0.25) is 0 Å². The van der Waals surface area contributed by atoms with E-state index in [1.54, 1.807) is 0 Å². The van der Waals surface area contributed by atoms with Crippen LogP contribution in [0.4, 0.5) is 0 Å². The minimum absolute atomic E-state index is 0.446. The number of rotatable bonds is 3. The lowest BCUT2D eigenvalue weighted by Crippen LogP contribution is -2.41. The number of hydrogen-bond donors (Lipinski definition) is 0. The molecule has 0 unspecified atom stereocenters. The van der Waals surface area contributed by atoms with Crippen LogP contribution in [0.5, 0.6) is 0 Å². The maximum Gasteiger partial charge on any atom is 0.495 e. The normalized spacial score (nSPS) is 21.5. The van der Waals surface area contributed by atoms with E-state index in [-0.39, 0.29) is 0 Å². The lowest BCUT2D eigenvalue weighted by Gasteiger charge is -2.32. The lowest BCUT2D eigenvalue weighted by atomic mass is 9.68. The molecule has 194 valence electrons. The van der Waals surface area contributed by atoms with Gasteiger partial charge in [0.25, 0.3) is 0 Å². The van der Waals surface area contributed by atoms with Gasteiger partial charge in [0.15, 0.2) is 0 Å². The molecule has 0 saturated carbocycles. The van der Waals surface area contributed by atoms with Gasteiger partial charge in [-0.05, 0) is 111 Å². The van der Waals surface area contributed by atoms with Crippen molar-refractivity contribution in [2.24, 2.45) is 0 Å². The van der Waals surface area contributed by atoms with E-state index in [4.69, 9.17) is 18.6 Å². The van der Waals surface area contributed by atoms with E-state index in [1.807, 2.05) is 0 Å². The monoisotopic (exact) mass is 506 g/mol. The van der Waals surface area contributed by atoms with Crippen molar-refractivity contribution in [3.05, 3.63) is 72.8 Å². The first-order chi connectivity index (χ1) is 17.8. The van der Waals surface area contributed by atoms with Crippen molar-refractivity contribution in [3.63, 3.8) is 0 Å². The van der Waals surface area contributed by atoms with Gasteiger partial charge in [-0.1, -0.05) is 60.7 Å². The second-order valence-corrected chi connectivity index (χ2v) is 12.7. The molecule has 38 heavy (non-hydrogen) atoms. The highest BCUT2D eigenvalue weighted by atomic mass is 16.7. The van der Waals surface area contributed by atoms with Gasteiger partial charge in [0.1, 0.15) is 0 Å². The minimum atomic E-state index is -0.503. The van der Waals surface area contributed by atoms with E-state index < -0.39 is 36.6 Å². The fourth-order valence-electron chi connectivity index (χ4n) is 5.31. The molecule has 2 aliphatic heterocycles. The predicted molar refractivity (Wildman–Crippen MR) is 158 cm³/mol. The summed E-state index contributed by atoms with van der Waals surface area (Å²) in [4.78, 5) is 0. The number of fused-ring (bicyclic) bond motifs is 2. The average molecular weight is 506 g/mol. The Morgan fingerprint density at radius 1 is 0.421 bits per heavy atom. The van der Waals surface area contributed by atoms with Crippen LogP contribution in [0, 0.1) is 0 Å². The SMILES string of the molecule is CC1(C)OB(c2cc3ccccc3cc2-c2cc3ccccc3cc2B2OC(C)(C)C(C)(C)O2)OC1(C)C. The van der Waals surface area contributed by atoms with Crippen LogP contribution in [0.25, 0.3) is 32.7 Å². The summed E-state index contributed by atoms with van der Waals surface area (Å²) in [6.07, 6.45) is 0. The summed E-state index contributed by atoms with van der Waals surface area (Å²) in [5, 5.41) is 4.63. The first kappa shape index (κ1) is 25.6. The molecule has 0 bridgehead atoms. The summed E-state index contributed by atoms with van der Waals surface area (Å²) in [5.41, 5.74) is 2.37. The fraction of sp³-hybridized carbons (Fsp3) is 0.375. The van der Waals surface area contributed by atoms with E-state index in [2.05, 4.69) is 128 Å². The molecule has 0 spiro atoms. The van der Waals surface area contributed by atoms with E-state index in [1.165, 1.54) is 0 Å². The Bertz CT molecular complexity index is 1410. The van der Waals surface area contributed by atoms with E-state index >= 15 is 0 Å². The molecule has 0 N–H and O–H groups in total. The van der Waals surface area contributed by atoms with Crippen LogP contribution in [0.1, 0.15) is 55.4 Å². The van der Waals surface area contributed by atoms with Gasteiger partial charge in [0.05, 0.1) is 22.4 Å². The van der Waals surface area contributed by atoms with Crippen LogP contribution in [-0.4, -0.2) is 36.6 Å². The van der Waals surface area contributed by atoms with Crippen molar-refractivity contribution in [1.82, 2.24) is 0 Å². The highest BCUT2D eigenvalue weighted by Crippen LogP contribution is 2.40. The molecule has 6 rings (SSSR count). The Morgan fingerprint density at radius 2 is 0.684 bits per heavy atom. The van der Waals surface area contributed by atoms with E-state index in [0.29, 0.717) is 0 Å². The van der Waals surface area contributed by atoms with Crippen molar-refractivity contribution in [2.45, 2.75) is 77.8 Å². The van der Waals surface area contributed by atoms with Gasteiger partial charge < -0.3 is 18.6 Å². The van der Waals surface area contributed by atoms with Crippen LogP contribution < -0.4 is 10.9 Å². The average Bonchev–Trinajstić information content (AvgIpc) is 3.21. The summed E-state index contributed by atoms with van der Waals surface area (Å²) >= 11 is 0. The second-order valence-electron chi connectivity index (χ2n) is 12.7. The molecule has 0 radical (unpaired) electrons. The van der Waals surface area contributed by atoms with Crippen molar-refractivity contribution < 1.29 is 18.6 Å². The smallest absolute Gasteiger partial charge is 0.399 e. The van der Waals surface area contributed by atoms with Crippen LogP contribution >= 0.6 is 0 Å². The zero-order chi connectivity index (χ0) is 27.1. The Morgan fingerprint density at radius 3 is 0.974 bits per heavy atom. The molecule has 2 heterocycles. The van der Waals surface area contributed by atoms with Crippen molar-refractivity contribution in [2.75, 3.05) is 0 Å². The summed E-state index contributed by atoms with van der Waals surface area (Å²) in [7, 11) is -1.01. The number of benzene rings is 4. The molecule has 4 nitrogen and oxygen atoms in total. The first-order valence-electron chi connectivity index (χ1n) is 13.6. The largest absolute Gasteiger partial charge is 0.495 e. The predicted octanol–water partition coefficient (Wildman–Crippen LogP) is 6.26. The minimum Gasteiger partial charge on any atom is -0.399 e. The van der Waals surface area contributed by atoms with Crippen molar-refractivity contribution in [3.8, 4) is 11.1 Å². The molecule has 4 aromatic rings. The number of hydrogen-bond acceptors (Lipinski definition) is 4. The summed E-state index contributed by atoms with van der Waals surface area (Å²) in [6.45, 7) is 16.8. The topological polar surface area (TPSA) is 36.9 Å². The molecule has 2 fully saturated rings. The van der Waals surface area contributed by atoms with Gasteiger partial charge in [0, 0.05) is 0 Å². The summed E-state index contributed by atoms with van der Waals surface area (Å²) in [6, 6.07) is 25.8. The molecule has 4 aromatic carbocycles. The molecule has 0 aromatic heterocycles. The zero-order valence-corrected chi connectivity index (χ0v) is 23.7. The molecule has 0 aliphatic carbocycles. The van der Waals surface area contributed by atoms with Crippen LogP contribution in [-0.2, 0) is 18.6 Å². The van der Waals surface area contributed by atoms with Gasteiger partial charge in [-0.2, -0.15) is 0 Å². The quantitative estimate of drug-likeness (QED) is 0.308. The highest BCUT2D eigenvalue weighted by molar-refractivity contribution is 6.67. The lowest BCUT2D eigenvalue weighted by molar-refractivity contribution is 0.00578. The Kier molecular flexibility index (Phi) is 5.69. The second kappa shape index (κ2) is 8.43. The standard InChI is InChI=1S/C32H36B2O4/c1-29(2)30(3,4)36-33(35-29)27-19-23-15-11-9-13-21(23)17-25(27)26-18-22-14-10-12-16-24(22)20-28(26)34-37-31(5,6)32(7,8)38-34/h9-20H,1-8H3. The van der Waals surface area contributed by atoms with Crippen molar-refractivity contribution in [1.29, 1.82) is 0 Å². The molecular formula is C32H36B2O4. The van der Waals surface area contributed by atoms with Crippen molar-refractivity contribution >= 4 is 46.7 Å². The van der Waals surface area contributed by atoms with E-state index in [9.17, 15) is 0 Å². The Labute approximate surface area is 226 Å². The van der Waals surface area contributed by atoms with Gasteiger partial charge in [-0.15, -0.1) is 0 Å². The molecule has 0 atom stereocenters.